The molecule has 4 heteroatoms. The summed E-state index contributed by atoms with van der Waals surface area (Å²) in [4.78, 5) is 11.7. The van der Waals surface area contributed by atoms with E-state index in [1.807, 2.05) is 20.8 Å². The Bertz CT molecular complexity index is 334. The number of nitrogens with zero attached hydrogens (tertiary/aromatic N) is 2. The van der Waals surface area contributed by atoms with E-state index < -0.39 is 5.41 Å². The van der Waals surface area contributed by atoms with E-state index in [9.17, 15) is 9.90 Å². The quantitative estimate of drug-likeness (QED) is 0.667. The van der Waals surface area contributed by atoms with Gasteiger partial charge in [-0.2, -0.15) is 5.10 Å². The summed E-state index contributed by atoms with van der Waals surface area (Å²) in [6.07, 6.45) is 1.39. The van der Waals surface area contributed by atoms with Crippen molar-refractivity contribution >= 4 is 5.78 Å². The smallest absolute Gasteiger partial charge is 0.220 e. The van der Waals surface area contributed by atoms with Crippen LogP contribution in [0.25, 0.3) is 0 Å². The van der Waals surface area contributed by atoms with E-state index in [0.29, 0.717) is 0 Å². The lowest BCUT2D eigenvalue weighted by Gasteiger charge is -2.15. The van der Waals surface area contributed by atoms with Crippen LogP contribution in [0.5, 0.6) is 5.88 Å². The van der Waals surface area contributed by atoms with Gasteiger partial charge in [-0.05, 0) is 0 Å². The zero-order chi connectivity index (χ0) is 10.2. The Balaban J connectivity index is 3.10. The minimum Gasteiger partial charge on any atom is -0.493 e. The number of carbonyl (C=O) groups excluding carboxylic acids is 1. The molecule has 0 radical (unpaired) electrons. The third-order valence-corrected chi connectivity index (χ3v) is 1.83. The molecule has 1 aromatic heterocycles. The lowest BCUT2D eigenvalue weighted by atomic mass is 9.87. The number of aryl methyl sites for hydroxylation is 1. The van der Waals surface area contributed by atoms with Crippen molar-refractivity contribution in [1.29, 1.82) is 0 Å². The van der Waals surface area contributed by atoms with Gasteiger partial charge in [-0.1, -0.05) is 20.8 Å². The van der Waals surface area contributed by atoms with Crippen molar-refractivity contribution in [2.45, 2.75) is 20.8 Å². The first-order chi connectivity index (χ1) is 5.84. The molecule has 0 saturated heterocycles. The van der Waals surface area contributed by atoms with Crippen LogP contribution in [0.15, 0.2) is 6.20 Å². The second-order valence-electron chi connectivity index (χ2n) is 4.08. The minimum atomic E-state index is -0.486. The maximum Gasteiger partial charge on any atom is 0.220 e. The van der Waals surface area contributed by atoms with Gasteiger partial charge in [0.05, 0.1) is 11.8 Å². The van der Waals surface area contributed by atoms with Crippen LogP contribution in [-0.4, -0.2) is 20.7 Å². The molecular formula is C9H14N2O2. The Morgan fingerprint density at radius 1 is 1.54 bits per heavy atom. The van der Waals surface area contributed by atoms with Crippen molar-refractivity contribution in [2.24, 2.45) is 12.5 Å². The van der Waals surface area contributed by atoms with Gasteiger partial charge >= 0.3 is 0 Å². The lowest BCUT2D eigenvalue weighted by Crippen LogP contribution is -2.19. The molecular weight excluding hydrogens is 168 g/mol. The first-order valence-corrected chi connectivity index (χ1v) is 4.10. The van der Waals surface area contributed by atoms with E-state index in [4.69, 9.17) is 0 Å². The largest absolute Gasteiger partial charge is 0.493 e. The Morgan fingerprint density at radius 3 is 2.38 bits per heavy atom. The van der Waals surface area contributed by atoms with E-state index in [1.54, 1.807) is 7.05 Å². The molecule has 0 unspecified atom stereocenters. The zero-order valence-corrected chi connectivity index (χ0v) is 8.33. The second-order valence-corrected chi connectivity index (χ2v) is 4.08. The fraction of sp³-hybridized carbons (Fsp3) is 0.556. The molecule has 0 saturated carbocycles. The van der Waals surface area contributed by atoms with Gasteiger partial charge in [0.1, 0.15) is 0 Å². The summed E-state index contributed by atoms with van der Waals surface area (Å²) in [5.74, 6) is -0.168. The molecule has 0 aliphatic carbocycles. The first-order valence-electron chi connectivity index (χ1n) is 4.10. The van der Waals surface area contributed by atoms with Crippen LogP contribution < -0.4 is 0 Å². The molecule has 13 heavy (non-hydrogen) atoms. The van der Waals surface area contributed by atoms with Gasteiger partial charge in [0, 0.05) is 12.5 Å². The second kappa shape index (κ2) is 2.87. The predicted molar refractivity (Wildman–Crippen MR) is 48.7 cm³/mol. The molecule has 0 fully saturated rings. The molecule has 0 atom stereocenters. The van der Waals surface area contributed by atoms with E-state index in [-0.39, 0.29) is 17.2 Å². The molecule has 0 aliphatic rings. The predicted octanol–water partition coefficient (Wildman–Crippen LogP) is 1.35. The molecule has 0 spiro atoms. The normalized spacial score (nSPS) is 11.7. The average molecular weight is 182 g/mol. The van der Waals surface area contributed by atoms with Crippen molar-refractivity contribution in [1.82, 2.24) is 9.78 Å². The van der Waals surface area contributed by atoms with Crippen LogP contribution in [-0.2, 0) is 7.05 Å². The average Bonchev–Trinajstić information content (AvgIpc) is 2.30. The molecule has 1 N–H and O–H groups in total. The molecule has 1 aromatic rings. The standard InChI is InChI=1S/C9H14N2O2/c1-9(2,3)7(12)6-5-10-11(4)8(6)13/h5,13H,1-4H3. The first kappa shape index (κ1) is 9.77. The summed E-state index contributed by atoms with van der Waals surface area (Å²) >= 11 is 0. The maximum atomic E-state index is 11.7. The Kier molecular flexibility index (Phi) is 2.15. The topological polar surface area (TPSA) is 55.1 Å². The fourth-order valence-corrected chi connectivity index (χ4v) is 0.995. The highest BCUT2D eigenvalue weighted by molar-refractivity contribution is 6.01. The third-order valence-electron chi connectivity index (χ3n) is 1.83. The number of hydrogen-bond acceptors (Lipinski definition) is 3. The van der Waals surface area contributed by atoms with E-state index in [1.165, 1.54) is 10.9 Å². The van der Waals surface area contributed by atoms with E-state index in [0.717, 1.165) is 0 Å². The number of hydrogen-bond donors (Lipinski definition) is 1. The number of Topliss-reactive ketones (excluding diaryl/α,β-unsaturated/α-hetero) is 1. The molecule has 4 nitrogen and oxygen atoms in total. The van der Waals surface area contributed by atoms with Gasteiger partial charge < -0.3 is 5.11 Å². The Morgan fingerprint density at radius 2 is 2.08 bits per heavy atom. The highest BCUT2D eigenvalue weighted by Crippen LogP contribution is 2.25. The Hall–Kier alpha value is -1.32. The van der Waals surface area contributed by atoms with Gasteiger partial charge in [-0.15, -0.1) is 0 Å². The van der Waals surface area contributed by atoms with Gasteiger partial charge in [-0.25, -0.2) is 4.68 Å². The summed E-state index contributed by atoms with van der Waals surface area (Å²) in [7, 11) is 1.59. The molecule has 0 aliphatic heterocycles. The van der Waals surface area contributed by atoms with Crippen molar-refractivity contribution < 1.29 is 9.90 Å². The van der Waals surface area contributed by atoms with E-state index >= 15 is 0 Å². The monoisotopic (exact) mass is 182 g/mol. The summed E-state index contributed by atoms with van der Waals surface area (Å²) in [6.45, 7) is 5.42. The van der Waals surface area contributed by atoms with Crippen molar-refractivity contribution in [3.05, 3.63) is 11.8 Å². The van der Waals surface area contributed by atoms with Crippen molar-refractivity contribution in [3.63, 3.8) is 0 Å². The number of rotatable bonds is 1. The number of aromatic nitrogens is 2. The van der Waals surface area contributed by atoms with Crippen LogP contribution in [0.2, 0.25) is 0 Å². The van der Waals surface area contributed by atoms with Crippen molar-refractivity contribution in [2.75, 3.05) is 0 Å². The SMILES string of the molecule is Cn1ncc(C(=O)C(C)(C)C)c1O. The van der Waals surface area contributed by atoms with Gasteiger partial charge in [0.25, 0.3) is 0 Å². The number of carbonyl (C=O) groups is 1. The highest BCUT2D eigenvalue weighted by atomic mass is 16.3. The third kappa shape index (κ3) is 1.71. The van der Waals surface area contributed by atoms with Crippen LogP contribution in [0.1, 0.15) is 31.1 Å². The van der Waals surface area contributed by atoms with E-state index in [2.05, 4.69) is 5.10 Å². The van der Waals surface area contributed by atoms with Gasteiger partial charge in [0.2, 0.25) is 5.88 Å². The fourth-order valence-electron chi connectivity index (χ4n) is 0.995. The molecule has 0 aromatic carbocycles. The summed E-state index contributed by atoms with van der Waals surface area (Å²) in [5, 5.41) is 13.2. The van der Waals surface area contributed by atoms with Crippen LogP contribution in [0, 0.1) is 5.41 Å². The van der Waals surface area contributed by atoms with Crippen LogP contribution in [0.4, 0.5) is 0 Å². The number of ketones is 1. The lowest BCUT2D eigenvalue weighted by molar-refractivity contribution is 0.0855. The summed E-state index contributed by atoms with van der Waals surface area (Å²) < 4.78 is 1.28. The van der Waals surface area contributed by atoms with Crippen LogP contribution in [0.3, 0.4) is 0 Å². The molecule has 72 valence electrons. The summed E-state index contributed by atoms with van der Waals surface area (Å²) in [5.41, 5.74) is -0.199. The maximum absolute atomic E-state index is 11.7. The molecule has 0 amide bonds. The highest BCUT2D eigenvalue weighted by Gasteiger charge is 2.27. The van der Waals surface area contributed by atoms with Crippen molar-refractivity contribution in [3.8, 4) is 5.88 Å². The summed E-state index contributed by atoms with van der Waals surface area (Å²) in [6, 6.07) is 0. The zero-order valence-electron chi connectivity index (χ0n) is 8.33. The van der Waals surface area contributed by atoms with Crippen LogP contribution >= 0.6 is 0 Å². The number of aromatic hydroxyl groups is 1. The Labute approximate surface area is 77.2 Å². The molecule has 1 heterocycles. The molecule has 1 rings (SSSR count). The van der Waals surface area contributed by atoms with Gasteiger partial charge in [0.15, 0.2) is 5.78 Å². The minimum absolute atomic E-state index is 0.0695. The van der Waals surface area contributed by atoms with Gasteiger partial charge in [-0.3, -0.25) is 4.79 Å². The molecule has 0 bridgehead atoms.